The summed E-state index contributed by atoms with van der Waals surface area (Å²) in [5.41, 5.74) is 0.546. The van der Waals surface area contributed by atoms with E-state index in [1.807, 2.05) is 0 Å². The maximum Gasteiger partial charge on any atom is 0.407 e. The molecule has 3 amide bonds. The second-order valence-electron chi connectivity index (χ2n) is 7.65. The summed E-state index contributed by atoms with van der Waals surface area (Å²) in [4.78, 5) is 57.5. The summed E-state index contributed by atoms with van der Waals surface area (Å²) in [5.74, 6) is -4.97. The van der Waals surface area contributed by atoms with Crippen LogP contribution < -0.4 is 20.7 Å². The van der Waals surface area contributed by atoms with Gasteiger partial charge < -0.3 is 40.7 Å². The predicted octanol–water partition coefficient (Wildman–Crippen LogP) is 1.36. The highest BCUT2D eigenvalue weighted by Crippen LogP contribution is 2.27. The van der Waals surface area contributed by atoms with Gasteiger partial charge in [-0.15, -0.1) is 0 Å². The van der Waals surface area contributed by atoms with Crippen LogP contribution in [-0.2, 0) is 25.5 Å². The van der Waals surface area contributed by atoms with Crippen LogP contribution in [0.15, 0.2) is 42.5 Å². The number of carboxylic acids is 2. The Bertz CT molecular complexity index is 1130. The van der Waals surface area contributed by atoms with Crippen molar-refractivity contribution in [3.05, 3.63) is 53.6 Å². The second kappa shape index (κ2) is 13.9. The number of methoxy groups -OCH3 is 1. The Labute approximate surface area is 211 Å². The van der Waals surface area contributed by atoms with E-state index in [9.17, 15) is 34.2 Å². The lowest BCUT2D eigenvalue weighted by atomic mass is 10.0. The molecule has 0 radical (unpaired) electrons. The minimum Gasteiger partial charge on any atom is -0.507 e. The van der Waals surface area contributed by atoms with E-state index in [2.05, 4.69) is 20.7 Å². The van der Waals surface area contributed by atoms with Crippen molar-refractivity contribution in [1.82, 2.24) is 10.6 Å². The van der Waals surface area contributed by atoms with E-state index in [1.54, 1.807) is 12.1 Å². The Morgan fingerprint density at radius 1 is 0.973 bits per heavy atom. The molecule has 6 N–H and O–H groups in total. The number of unbranched alkanes of at least 4 members (excludes halogenated alkanes) is 1. The van der Waals surface area contributed by atoms with Gasteiger partial charge in [-0.3, -0.25) is 9.59 Å². The number of benzene rings is 2. The summed E-state index contributed by atoms with van der Waals surface area (Å²) in [5, 5.41) is 34.9. The van der Waals surface area contributed by atoms with Gasteiger partial charge in [0.1, 0.15) is 23.1 Å². The second-order valence-corrected chi connectivity index (χ2v) is 7.65. The molecule has 0 saturated heterocycles. The van der Waals surface area contributed by atoms with Crippen molar-refractivity contribution < 1.29 is 48.8 Å². The lowest BCUT2D eigenvalue weighted by molar-refractivity contribution is -0.147. The first kappa shape index (κ1) is 28.4. The number of phenols is 1. The van der Waals surface area contributed by atoms with Gasteiger partial charge in [-0.05, 0) is 42.7 Å². The number of carbonyl (C=O) groups excluding carboxylic acids is 3. The van der Waals surface area contributed by atoms with Crippen LogP contribution >= 0.6 is 0 Å². The maximum atomic E-state index is 12.7. The van der Waals surface area contributed by atoms with Gasteiger partial charge in [0.2, 0.25) is 5.91 Å². The van der Waals surface area contributed by atoms with Crippen molar-refractivity contribution >= 4 is 35.5 Å². The molecule has 0 bridgehead atoms. The third-order valence-corrected chi connectivity index (χ3v) is 4.99. The average Bonchev–Trinajstić information content (AvgIpc) is 2.86. The number of anilines is 1. The average molecular weight is 517 g/mol. The van der Waals surface area contributed by atoms with Gasteiger partial charge in [-0.2, -0.15) is 0 Å². The quantitative estimate of drug-likeness (QED) is 0.176. The molecule has 0 aromatic heterocycles. The van der Waals surface area contributed by atoms with Crippen molar-refractivity contribution in [2.24, 2.45) is 0 Å². The molecule has 13 nitrogen and oxygen atoms in total. The first-order chi connectivity index (χ1) is 17.6. The number of aromatic hydroxyl groups is 1. The molecule has 0 aliphatic heterocycles. The zero-order valence-electron chi connectivity index (χ0n) is 19.9. The number of hydrogen-bond acceptors (Lipinski definition) is 8. The largest absolute Gasteiger partial charge is 0.507 e. The molecule has 2 aromatic rings. The van der Waals surface area contributed by atoms with E-state index < -0.39 is 41.6 Å². The molecule has 0 spiro atoms. The zero-order valence-corrected chi connectivity index (χ0v) is 19.9. The fraction of sp³-hybridized carbons (Fsp3) is 0.292. The molecule has 13 heteroatoms. The van der Waals surface area contributed by atoms with E-state index in [-0.39, 0.29) is 36.6 Å². The van der Waals surface area contributed by atoms with Gasteiger partial charge in [0.15, 0.2) is 0 Å². The lowest BCUT2D eigenvalue weighted by Gasteiger charge is -2.18. The van der Waals surface area contributed by atoms with Crippen LogP contribution in [0, 0.1) is 0 Å². The number of aromatic carboxylic acids is 1. The number of hydrogen-bond donors (Lipinski definition) is 6. The van der Waals surface area contributed by atoms with Crippen molar-refractivity contribution in [1.29, 1.82) is 0 Å². The minimum absolute atomic E-state index is 0.0347. The van der Waals surface area contributed by atoms with Crippen LogP contribution in [0.25, 0.3) is 0 Å². The molecule has 0 fully saturated rings. The van der Waals surface area contributed by atoms with Crippen molar-refractivity contribution in [3.63, 3.8) is 0 Å². The molecule has 0 aliphatic carbocycles. The molecular weight excluding hydrogens is 490 g/mol. The molecule has 2 rings (SSSR count). The lowest BCUT2D eigenvalue weighted by Crippen LogP contribution is -2.48. The zero-order chi connectivity index (χ0) is 27.4. The standard InChI is InChI=1S/C24H27N3O10/c1-36-24(35)27-16(13-14-7-9-15(10-8-14)26-21(30)23(33)34)20(29)25-11-2-3-12-37-18-6-4-5-17(28)19(18)22(31)32/h4-10,16,28H,2-3,11-13H2,1H3,(H,25,29)(H,26,30)(H,27,35)(H,31,32)(H,33,34)/t16-/m0/s1. The maximum absolute atomic E-state index is 12.7. The number of aliphatic carboxylic acids is 1. The van der Waals surface area contributed by atoms with E-state index in [1.165, 1.54) is 30.3 Å². The predicted molar refractivity (Wildman–Crippen MR) is 129 cm³/mol. The minimum atomic E-state index is -1.63. The van der Waals surface area contributed by atoms with Gasteiger partial charge in [0.05, 0.1) is 13.7 Å². The molecule has 0 aliphatic rings. The van der Waals surface area contributed by atoms with Crippen LogP contribution in [0.4, 0.5) is 10.5 Å². The number of amides is 3. The smallest absolute Gasteiger partial charge is 0.407 e. The number of nitrogens with one attached hydrogen (secondary N) is 3. The first-order valence-corrected chi connectivity index (χ1v) is 11.1. The number of carboxylic acid groups (broad SMARTS) is 2. The van der Waals surface area contributed by atoms with Gasteiger partial charge in [0, 0.05) is 18.7 Å². The summed E-state index contributed by atoms with van der Waals surface area (Å²) >= 11 is 0. The molecule has 37 heavy (non-hydrogen) atoms. The van der Waals surface area contributed by atoms with Crippen molar-refractivity contribution in [2.45, 2.75) is 25.3 Å². The van der Waals surface area contributed by atoms with Gasteiger partial charge in [0.25, 0.3) is 0 Å². The third-order valence-electron chi connectivity index (χ3n) is 4.99. The molecule has 0 saturated carbocycles. The molecule has 198 valence electrons. The number of carbonyl (C=O) groups is 5. The monoisotopic (exact) mass is 517 g/mol. The Hall–Kier alpha value is -4.81. The van der Waals surface area contributed by atoms with Crippen molar-refractivity contribution in [3.8, 4) is 11.5 Å². The third kappa shape index (κ3) is 9.05. The van der Waals surface area contributed by atoms with Crippen LogP contribution in [0.2, 0.25) is 0 Å². The van der Waals surface area contributed by atoms with Crippen LogP contribution in [0.1, 0.15) is 28.8 Å². The molecule has 1 atom stereocenters. The Morgan fingerprint density at radius 3 is 2.30 bits per heavy atom. The fourth-order valence-electron chi connectivity index (χ4n) is 3.15. The first-order valence-electron chi connectivity index (χ1n) is 11.1. The van der Waals surface area contributed by atoms with E-state index >= 15 is 0 Å². The van der Waals surface area contributed by atoms with Crippen LogP contribution in [0.3, 0.4) is 0 Å². The Balaban J connectivity index is 1.86. The highest BCUT2D eigenvalue weighted by Gasteiger charge is 2.22. The molecule has 0 heterocycles. The van der Waals surface area contributed by atoms with Crippen LogP contribution in [-0.4, -0.2) is 71.5 Å². The van der Waals surface area contributed by atoms with Gasteiger partial charge in [-0.1, -0.05) is 18.2 Å². The van der Waals surface area contributed by atoms with E-state index in [0.29, 0.717) is 18.4 Å². The van der Waals surface area contributed by atoms with Gasteiger partial charge >= 0.3 is 23.9 Å². The molecule has 0 unspecified atom stereocenters. The Kier molecular flexibility index (Phi) is 10.7. The summed E-state index contributed by atoms with van der Waals surface area (Å²) < 4.78 is 10.0. The summed E-state index contributed by atoms with van der Waals surface area (Å²) in [6.45, 7) is 0.391. The summed E-state index contributed by atoms with van der Waals surface area (Å²) in [6, 6.07) is 9.23. The number of ether oxygens (including phenoxy) is 2. The number of rotatable bonds is 12. The highest BCUT2D eigenvalue weighted by atomic mass is 16.5. The highest BCUT2D eigenvalue weighted by molar-refractivity contribution is 6.36. The molecule has 2 aromatic carbocycles. The SMILES string of the molecule is COC(=O)N[C@@H](Cc1ccc(NC(=O)C(=O)O)cc1)C(=O)NCCCCOc1cccc(O)c1C(=O)O. The topological polar surface area (TPSA) is 201 Å². The Morgan fingerprint density at radius 2 is 1.68 bits per heavy atom. The van der Waals surface area contributed by atoms with Crippen LogP contribution in [0.5, 0.6) is 11.5 Å². The van der Waals surface area contributed by atoms with E-state index in [4.69, 9.17) is 9.84 Å². The number of alkyl carbamates (subject to hydrolysis) is 1. The summed E-state index contributed by atoms with van der Waals surface area (Å²) in [6.07, 6.45) is 0.232. The fourth-order valence-corrected chi connectivity index (χ4v) is 3.15. The van der Waals surface area contributed by atoms with Crippen molar-refractivity contribution in [2.75, 3.05) is 25.6 Å². The van der Waals surface area contributed by atoms with E-state index in [0.717, 1.165) is 7.11 Å². The van der Waals surface area contributed by atoms with Gasteiger partial charge in [-0.25, -0.2) is 14.4 Å². The summed E-state index contributed by atoms with van der Waals surface area (Å²) in [7, 11) is 1.16. The normalized spacial score (nSPS) is 11.1. The molecular formula is C24H27N3O10.